The molecule has 3 N–H and O–H groups in total. The molecule has 3 aromatic heterocycles. The number of aromatic amines is 1. The van der Waals surface area contributed by atoms with Crippen molar-refractivity contribution in [3.8, 4) is 0 Å². The third-order valence-corrected chi connectivity index (χ3v) is 7.56. The number of likely N-dealkylation sites (tertiary alicyclic amines) is 1. The van der Waals surface area contributed by atoms with Crippen LogP contribution in [0, 0.1) is 0 Å². The highest BCUT2D eigenvalue weighted by molar-refractivity contribution is 5.98. The van der Waals surface area contributed by atoms with Gasteiger partial charge in [-0.15, -0.1) is 0 Å². The highest BCUT2D eigenvalue weighted by atomic mass is 16.6. The van der Waals surface area contributed by atoms with Crippen LogP contribution in [0.15, 0.2) is 35.4 Å². The zero-order valence-corrected chi connectivity index (χ0v) is 25.0. The van der Waals surface area contributed by atoms with Crippen LogP contribution in [0.25, 0.3) is 11.0 Å². The number of pyridine rings is 3. The number of carbonyl (C=O) groups is 2. The van der Waals surface area contributed by atoms with Gasteiger partial charge in [0.1, 0.15) is 5.60 Å². The van der Waals surface area contributed by atoms with E-state index < -0.39 is 5.60 Å². The van der Waals surface area contributed by atoms with Gasteiger partial charge in [-0.2, -0.15) is 0 Å². The lowest BCUT2D eigenvalue weighted by molar-refractivity contribution is 0.0104. The molecule has 2 amide bonds. The SMILES string of the molecule is CCc1cc2ncc(CN3CCN(c4cnc(C(=O)NC)c(NC5CN(C(=O)OC(C)(C)C)C5)c4)CC3)cc2[nH]c1=O. The van der Waals surface area contributed by atoms with Crippen LogP contribution in [0.4, 0.5) is 16.2 Å². The number of H-pyrrole nitrogens is 1. The van der Waals surface area contributed by atoms with Crippen molar-refractivity contribution in [2.24, 2.45) is 0 Å². The smallest absolute Gasteiger partial charge is 0.410 e. The second kappa shape index (κ2) is 12.0. The number of hydrogen-bond acceptors (Lipinski definition) is 9. The summed E-state index contributed by atoms with van der Waals surface area (Å²) < 4.78 is 5.45. The normalized spacial score (nSPS) is 16.3. The van der Waals surface area contributed by atoms with E-state index in [9.17, 15) is 14.4 Å². The first kappa shape index (κ1) is 29.3. The van der Waals surface area contributed by atoms with E-state index in [-0.39, 0.29) is 23.6 Å². The molecule has 0 spiro atoms. The maximum Gasteiger partial charge on any atom is 0.410 e. The fourth-order valence-electron chi connectivity index (χ4n) is 5.24. The first-order valence-corrected chi connectivity index (χ1v) is 14.5. The molecule has 0 aliphatic carbocycles. The maximum absolute atomic E-state index is 12.5. The molecule has 224 valence electrons. The lowest BCUT2D eigenvalue weighted by atomic mass is 10.1. The highest BCUT2D eigenvalue weighted by Gasteiger charge is 2.34. The number of aryl methyl sites for hydroxylation is 1. The van der Waals surface area contributed by atoms with E-state index in [0.717, 1.165) is 60.6 Å². The summed E-state index contributed by atoms with van der Waals surface area (Å²) in [5.74, 6) is -0.270. The van der Waals surface area contributed by atoms with Crippen LogP contribution in [0.5, 0.6) is 0 Å². The standard InChI is InChI=1S/C30H40N8O4/c1-6-20-12-23-24(35-27(20)39)11-19(14-32-23)16-36-7-9-37(10-8-36)22-13-25(26(33-15-22)28(40)31-5)34-21-17-38(18-21)29(41)42-30(2,3)4/h11-15,21,34H,6-10,16-18H2,1-5H3,(H,31,40)(H,35,39). The molecule has 0 bridgehead atoms. The summed E-state index contributed by atoms with van der Waals surface area (Å²) in [5.41, 5.74) is 4.66. The van der Waals surface area contributed by atoms with Gasteiger partial charge in [-0.1, -0.05) is 6.92 Å². The van der Waals surface area contributed by atoms with Crippen molar-refractivity contribution in [3.63, 3.8) is 0 Å². The second-order valence-electron chi connectivity index (χ2n) is 11.9. The zero-order chi connectivity index (χ0) is 30.0. The summed E-state index contributed by atoms with van der Waals surface area (Å²) in [4.78, 5) is 55.4. The third-order valence-electron chi connectivity index (χ3n) is 7.56. The number of piperazine rings is 1. The molecule has 3 aromatic rings. The number of nitrogens with one attached hydrogen (secondary N) is 3. The molecule has 42 heavy (non-hydrogen) atoms. The fourth-order valence-corrected chi connectivity index (χ4v) is 5.24. The Hall–Kier alpha value is -4.19. The Kier molecular flexibility index (Phi) is 8.35. The van der Waals surface area contributed by atoms with Gasteiger partial charge in [-0.25, -0.2) is 9.78 Å². The van der Waals surface area contributed by atoms with E-state index in [1.165, 1.54) is 0 Å². The quantitative estimate of drug-likeness (QED) is 0.388. The van der Waals surface area contributed by atoms with E-state index in [1.54, 1.807) is 18.1 Å². The van der Waals surface area contributed by atoms with E-state index in [2.05, 4.69) is 35.4 Å². The minimum atomic E-state index is -0.546. The summed E-state index contributed by atoms with van der Waals surface area (Å²) in [6.45, 7) is 12.5. The zero-order valence-electron chi connectivity index (χ0n) is 25.0. The number of carbonyl (C=O) groups excluding carboxylic acids is 2. The van der Waals surface area contributed by atoms with Gasteiger partial charge in [-0.05, 0) is 51.0 Å². The number of hydrogen-bond donors (Lipinski definition) is 3. The molecule has 2 fully saturated rings. The van der Waals surface area contributed by atoms with E-state index >= 15 is 0 Å². The van der Waals surface area contributed by atoms with Crippen LogP contribution in [0.3, 0.4) is 0 Å². The second-order valence-corrected chi connectivity index (χ2v) is 11.9. The molecule has 2 saturated heterocycles. The summed E-state index contributed by atoms with van der Waals surface area (Å²) in [5, 5.41) is 6.07. The van der Waals surface area contributed by atoms with E-state index in [1.807, 2.05) is 52.1 Å². The molecule has 0 radical (unpaired) electrons. The Morgan fingerprint density at radius 1 is 1.07 bits per heavy atom. The molecule has 0 atom stereocenters. The molecular weight excluding hydrogens is 536 g/mol. The molecule has 2 aliphatic rings. The molecule has 5 rings (SSSR count). The largest absolute Gasteiger partial charge is 0.444 e. The van der Waals surface area contributed by atoms with Gasteiger partial charge in [0.15, 0.2) is 5.69 Å². The lowest BCUT2D eigenvalue weighted by Crippen LogP contribution is -2.58. The van der Waals surface area contributed by atoms with Crippen molar-refractivity contribution < 1.29 is 14.3 Å². The van der Waals surface area contributed by atoms with Crippen LogP contribution < -0.4 is 21.1 Å². The fraction of sp³-hybridized carbons (Fsp3) is 0.500. The summed E-state index contributed by atoms with van der Waals surface area (Å²) in [7, 11) is 1.58. The first-order valence-electron chi connectivity index (χ1n) is 14.5. The lowest BCUT2D eigenvalue weighted by Gasteiger charge is -2.41. The number of aromatic nitrogens is 3. The number of rotatable bonds is 7. The van der Waals surface area contributed by atoms with Crippen LogP contribution in [0.1, 0.15) is 49.3 Å². The monoisotopic (exact) mass is 576 g/mol. The van der Waals surface area contributed by atoms with Crippen LogP contribution in [-0.4, -0.2) is 94.7 Å². The molecule has 2 aliphatic heterocycles. The first-order chi connectivity index (χ1) is 20.0. The maximum atomic E-state index is 12.5. The van der Waals surface area contributed by atoms with Gasteiger partial charge in [-0.3, -0.25) is 19.5 Å². The van der Waals surface area contributed by atoms with Gasteiger partial charge in [0.2, 0.25) is 0 Å². The van der Waals surface area contributed by atoms with Gasteiger partial charge in [0, 0.05) is 64.6 Å². The Bertz CT molecular complexity index is 1520. The van der Waals surface area contributed by atoms with E-state index in [0.29, 0.717) is 30.9 Å². The number of ether oxygens (including phenoxy) is 1. The Labute approximate surface area is 245 Å². The predicted molar refractivity (Wildman–Crippen MR) is 162 cm³/mol. The Morgan fingerprint density at radius 2 is 1.81 bits per heavy atom. The number of fused-ring (bicyclic) bond motifs is 1. The molecule has 5 heterocycles. The van der Waals surface area contributed by atoms with Crippen molar-refractivity contribution in [3.05, 3.63) is 57.8 Å². The molecule has 0 aromatic carbocycles. The van der Waals surface area contributed by atoms with Crippen molar-refractivity contribution in [2.45, 2.75) is 52.3 Å². The molecule has 12 nitrogen and oxygen atoms in total. The summed E-state index contributed by atoms with van der Waals surface area (Å²) in [6.07, 6.45) is 3.97. The van der Waals surface area contributed by atoms with Gasteiger partial charge in [0.25, 0.3) is 11.5 Å². The molecule has 12 heteroatoms. The van der Waals surface area contributed by atoms with Gasteiger partial charge in [0.05, 0.1) is 34.6 Å². The third kappa shape index (κ3) is 6.64. The Balaban J connectivity index is 1.21. The van der Waals surface area contributed by atoms with Crippen molar-refractivity contribution >= 4 is 34.4 Å². The van der Waals surface area contributed by atoms with Crippen molar-refractivity contribution in [2.75, 3.05) is 56.5 Å². The molecular formula is C30H40N8O4. The van der Waals surface area contributed by atoms with Crippen LogP contribution >= 0.6 is 0 Å². The van der Waals surface area contributed by atoms with E-state index in [4.69, 9.17) is 4.74 Å². The number of nitrogens with zero attached hydrogens (tertiary/aromatic N) is 5. The average molecular weight is 577 g/mol. The van der Waals surface area contributed by atoms with Crippen molar-refractivity contribution in [1.29, 1.82) is 0 Å². The van der Waals surface area contributed by atoms with Crippen molar-refractivity contribution in [1.82, 2.24) is 30.1 Å². The molecule has 0 unspecified atom stereocenters. The summed E-state index contributed by atoms with van der Waals surface area (Å²) in [6, 6.07) is 5.84. The highest BCUT2D eigenvalue weighted by Crippen LogP contribution is 2.26. The van der Waals surface area contributed by atoms with Gasteiger partial charge >= 0.3 is 6.09 Å². The molecule has 0 saturated carbocycles. The number of anilines is 2. The predicted octanol–water partition coefficient (Wildman–Crippen LogP) is 2.59. The van der Waals surface area contributed by atoms with Crippen LogP contribution in [0.2, 0.25) is 0 Å². The topological polar surface area (TPSA) is 136 Å². The van der Waals surface area contributed by atoms with Gasteiger partial charge < -0.3 is 30.2 Å². The van der Waals surface area contributed by atoms with Crippen LogP contribution in [-0.2, 0) is 17.7 Å². The number of amides is 2. The summed E-state index contributed by atoms with van der Waals surface area (Å²) >= 11 is 0. The minimum absolute atomic E-state index is 0.00566. The Morgan fingerprint density at radius 3 is 2.48 bits per heavy atom. The minimum Gasteiger partial charge on any atom is -0.444 e. The average Bonchev–Trinajstić information content (AvgIpc) is 2.93.